The first-order valence-electron chi connectivity index (χ1n) is 13.2. The van der Waals surface area contributed by atoms with Crippen molar-refractivity contribution in [1.82, 2.24) is 9.88 Å². The van der Waals surface area contributed by atoms with Crippen molar-refractivity contribution in [1.29, 1.82) is 0 Å². The molecule has 0 radical (unpaired) electrons. The van der Waals surface area contributed by atoms with Gasteiger partial charge in [0, 0.05) is 41.2 Å². The summed E-state index contributed by atoms with van der Waals surface area (Å²) in [5.41, 5.74) is 2.09. The minimum Gasteiger partial charge on any atom is -0.371 e. The summed E-state index contributed by atoms with van der Waals surface area (Å²) in [6.45, 7) is 7.85. The lowest BCUT2D eigenvalue weighted by molar-refractivity contribution is -0.137. The molecule has 36 heavy (non-hydrogen) atoms. The molecule has 2 aliphatic heterocycles. The van der Waals surface area contributed by atoms with E-state index in [4.69, 9.17) is 0 Å². The summed E-state index contributed by atoms with van der Waals surface area (Å²) in [5, 5.41) is 3.96. The third kappa shape index (κ3) is 5.64. The van der Waals surface area contributed by atoms with Gasteiger partial charge in [0.2, 0.25) is 0 Å². The lowest BCUT2D eigenvalue weighted by Gasteiger charge is -2.51. The lowest BCUT2D eigenvalue weighted by atomic mass is 9.63. The Morgan fingerprint density at radius 2 is 1.86 bits per heavy atom. The van der Waals surface area contributed by atoms with Crippen molar-refractivity contribution >= 4 is 29.0 Å². The van der Waals surface area contributed by atoms with E-state index in [1.54, 1.807) is 6.07 Å². The molecule has 5 rings (SSSR count). The van der Waals surface area contributed by atoms with E-state index in [2.05, 4.69) is 41.3 Å². The van der Waals surface area contributed by atoms with Gasteiger partial charge in [0.25, 0.3) is 0 Å². The van der Waals surface area contributed by atoms with Crippen LogP contribution in [0.1, 0.15) is 56.6 Å². The van der Waals surface area contributed by atoms with Crippen molar-refractivity contribution in [3.05, 3.63) is 41.6 Å². The summed E-state index contributed by atoms with van der Waals surface area (Å²) >= 11 is 1.97. The number of nitrogens with one attached hydrogen (secondary N) is 1. The Hall–Kier alpha value is -1.93. The Bertz CT molecular complexity index is 1070. The highest BCUT2D eigenvalue weighted by Gasteiger charge is 2.45. The predicted octanol–water partition coefficient (Wildman–Crippen LogP) is 7.36. The van der Waals surface area contributed by atoms with Gasteiger partial charge in [-0.05, 0) is 101 Å². The fourth-order valence-electron chi connectivity index (χ4n) is 6.07. The van der Waals surface area contributed by atoms with Crippen LogP contribution in [0.25, 0.3) is 0 Å². The second-order valence-corrected chi connectivity index (χ2v) is 12.7. The topological polar surface area (TPSA) is 31.4 Å². The molecule has 0 bridgehead atoms. The van der Waals surface area contributed by atoms with E-state index in [-0.39, 0.29) is 5.69 Å². The van der Waals surface area contributed by atoms with Gasteiger partial charge in [0.15, 0.2) is 0 Å². The van der Waals surface area contributed by atoms with E-state index in [9.17, 15) is 13.2 Å². The molecule has 3 fully saturated rings. The van der Waals surface area contributed by atoms with Gasteiger partial charge < -0.3 is 15.1 Å². The maximum atomic E-state index is 13.7. The highest BCUT2D eigenvalue weighted by atomic mass is 32.2. The molecule has 3 aliphatic rings. The van der Waals surface area contributed by atoms with Crippen LogP contribution in [-0.4, -0.2) is 48.4 Å². The van der Waals surface area contributed by atoms with E-state index >= 15 is 0 Å². The molecule has 0 amide bonds. The average Bonchev–Trinajstić information content (AvgIpc) is 2.80. The van der Waals surface area contributed by atoms with Gasteiger partial charge in [-0.1, -0.05) is 6.92 Å². The first kappa shape index (κ1) is 25.7. The molecule has 196 valence electrons. The van der Waals surface area contributed by atoms with E-state index in [0.717, 1.165) is 30.3 Å². The van der Waals surface area contributed by atoms with Gasteiger partial charge in [0.05, 0.1) is 11.3 Å². The molecule has 2 aromatic rings. The van der Waals surface area contributed by atoms with Crippen molar-refractivity contribution in [3.63, 3.8) is 0 Å². The maximum absolute atomic E-state index is 13.7. The van der Waals surface area contributed by atoms with Gasteiger partial charge in [-0.3, -0.25) is 0 Å². The number of aromatic nitrogens is 1. The van der Waals surface area contributed by atoms with Crippen LogP contribution in [0.15, 0.2) is 35.4 Å². The van der Waals surface area contributed by atoms with Gasteiger partial charge in [0.1, 0.15) is 5.82 Å². The number of nitrogens with zero attached hydrogens (tertiary/aromatic N) is 3. The van der Waals surface area contributed by atoms with Crippen LogP contribution < -0.4 is 10.2 Å². The van der Waals surface area contributed by atoms with Gasteiger partial charge in [-0.15, -0.1) is 11.8 Å². The zero-order chi connectivity index (χ0) is 25.5. The number of hydrogen-bond acceptors (Lipinski definition) is 5. The SMILES string of the molecule is Cc1cc(SC2CC3(CCN(C)CC3)C2)ccc1Nc1cc(N2CCCC(C)C2)c(C(F)(F)F)cn1. The van der Waals surface area contributed by atoms with Gasteiger partial charge in [-0.2, -0.15) is 13.2 Å². The van der Waals surface area contributed by atoms with Crippen molar-refractivity contribution in [3.8, 4) is 0 Å². The normalized spacial score (nSPS) is 23.1. The molecule has 8 heteroatoms. The van der Waals surface area contributed by atoms with Crippen molar-refractivity contribution in [2.75, 3.05) is 43.4 Å². The minimum atomic E-state index is -4.43. The minimum absolute atomic E-state index is 0.226. The van der Waals surface area contributed by atoms with Crippen molar-refractivity contribution < 1.29 is 13.2 Å². The summed E-state index contributed by atoms with van der Waals surface area (Å²) in [7, 11) is 2.21. The van der Waals surface area contributed by atoms with Crippen LogP contribution in [0.2, 0.25) is 0 Å². The molecule has 1 N–H and O–H groups in total. The summed E-state index contributed by atoms with van der Waals surface area (Å²) < 4.78 is 41.2. The van der Waals surface area contributed by atoms with Crippen LogP contribution >= 0.6 is 11.8 Å². The third-order valence-electron chi connectivity index (χ3n) is 8.32. The summed E-state index contributed by atoms with van der Waals surface area (Å²) in [5.74, 6) is 0.824. The number of aryl methyl sites for hydroxylation is 1. The van der Waals surface area contributed by atoms with Gasteiger partial charge >= 0.3 is 6.18 Å². The number of halogens is 3. The van der Waals surface area contributed by atoms with E-state index in [1.165, 1.54) is 43.7 Å². The first-order valence-corrected chi connectivity index (χ1v) is 14.0. The number of benzene rings is 1. The summed E-state index contributed by atoms with van der Waals surface area (Å²) in [6.07, 6.45) is 3.76. The zero-order valence-electron chi connectivity index (χ0n) is 21.5. The highest BCUT2D eigenvalue weighted by molar-refractivity contribution is 8.00. The Balaban J connectivity index is 1.26. The molecule has 1 aromatic carbocycles. The Labute approximate surface area is 217 Å². The standard InChI is InChI=1S/C28H37F3N4S/c1-19-5-4-10-35(18-19)25-14-26(32-17-23(25)28(29,30)31)33-24-7-6-21(13-20(24)2)36-22-15-27(16-22)8-11-34(3)12-9-27/h6-7,13-14,17,19,22H,4-5,8-12,15-16,18H2,1-3H3,(H,32,33). The molecule has 1 saturated carbocycles. The second-order valence-electron chi connectivity index (χ2n) is 11.3. The largest absolute Gasteiger partial charge is 0.419 e. The Morgan fingerprint density at radius 3 is 2.53 bits per heavy atom. The van der Waals surface area contributed by atoms with Crippen molar-refractivity contribution in [2.45, 2.75) is 68.7 Å². The second kappa shape index (κ2) is 10.1. The molecule has 1 spiro atoms. The summed E-state index contributed by atoms with van der Waals surface area (Å²) in [4.78, 5) is 9.70. The molecule has 3 heterocycles. The Kier molecular flexibility index (Phi) is 7.20. The molecule has 1 aromatic heterocycles. The molecule has 2 saturated heterocycles. The molecular weight excluding hydrogens is 481 g/mol. The number of pyridine rings is 1. The number of rotatable bonds is 5. The quantitative estimate of drug-likeness (QED) is 0.447. The fourth-order valence-corrected chi connectivity index (χ4v) is 7.72. The van der Waals surface area contributed by atoms with E-state index in [0.29, 0.717) is 35.5 Å². The molecule has 1 unspecified atom stereocenters. The first-order chi connectivity index (χ1) is 17.1. The number of hydrogen-bond donors (Lipinski definition) is 1. The number of piperidine rings is 2. The number of alkyl halides is 3. The van der Waals surface area contributed by atoms with E-state index in [1.807, 2.05) is 29.7 Å². The third-order valence-corrected chi connectivity index (χ3v) is 9.51. The van der Waals surface area contributed by atoms with Crippen LogP contribution in [-0.2, 0) is 6.18 Å². The molecule has 1 atom stereocenters. The summed E-state index contributed by atoms with van der Waals surface area (Å²) in [6, 6.07) is 7.91. The molecule has 1 aliphatic carbocycles. The Morgan fingerprint density at radius 1 is 1.11 bits per heavy atom. The lowest BCUT2D eigenvalue weighted by Crippen LogP contribution is -2.47. The smallest absolute Gasteiger partial charge is 0.371 e. The molecule has 4 nitrogen and oxygen atoms in total. The number of likely N-dealkylation sites (tertiary alicyclic amines) is 1. The number of anilines is 3. The predicted molar refractivity (Wildman–Crippen MR) is 142 cm³/mol. The average molecular weight is 519 g/mol. The van der Waals surface area contributed by atoms with Crippen molar-refractivity contribution in [2.24, 2.45) is 11.3 Å². The van der Waals surface area contributed by atoms with Crippen LogP contribution in [0.4, 0.5) is 30.4 Å². The van der Waals surface area contributed by atoms with Crippen LogP contribution in [0.5, 0.6) is 0 Å². The highest BCUT2D eigenvalue weighted by Crippen LogP contribution is 2.54. The van der Waals surface area contributed by atoms with Crippen LogP contribution in [0, 0.1) is 18.3 Å². The van der Waals surface area contributed by atoms with Gasteiger partial charge in [-0.25, -0.2) is 4.98 Å². The van der Waals surface area contributed by atoms with E-state index < -0.39 is 11.7 Å². The fraction of sp³-hybridized carbons (Fsp3) is 0.607. The molecular formula is C28H37F3N4S. The monoisotopic (exact) mass is 518 g/mol. The number of thioether (sulfide) groups is 1. The maximum Gasteiger partial charge on any atom is 0.419 e. The van der Waals surface area contributed by atoms with Crippen LogP contribution in [0.3, 0.4) is 0 Å². The zero-order valence-corrected chi connectivity index (χ0v) is 22.3.